The zero-order valence-corrected chi connectivity index (χ0v) is 16.4. The molecular formula is C20H20Cl2N2O3. The first-order valence-corrected chi connectivity index (χ1v) is 9.59. The van der Waals surface area contributed by atoms with E-state index in [1.807, 2.05) is 13.0 Å². The Labute approximate surface area is 168 Å². The van der Waals surface area contributed by atoms with Crippen molar-refractivity contribution in [2.45, 2.75) is 38.6 Å². The Morgan fingerprint density at radius 1 is 1.19 bits per heavy atom. The predicted octanol–water partition coefficient (Wildman–Crippen LogP) is 4.30. The van der Waals surface area contributed by atoms with E-state index < -0.39 is 5.97 Å². The van der Waals surface area contributed by atoms with E-state index in [-0.39, 0.29) is 34.3 Å². The van der Waals surface area contributed by atoms with Crippen LogP contribution in [0.15, 0.2) is 30.5 Å². The molecule has 0 aliphatic heterocycles. The van der Waals surface area contributed by atoms with Crippen molar-refractivity contribution in [1.82, 2.24) is 10.3 Å². The van der Waals surface area contributed by atoms with Crippen molar-refractivity contribution in [3.05, 3.63) is 62.9 Å². The normalized spacial score (nSPS) is 14.2. The second kappa shape index (κ2) is 8.72. The summed E-state index contributed by atoms with van der Waals surface area (Å²) in [6.45, 7) is 1.53. The molecule has 1 aliphatic carbocycles. The van der Waals surface area contributed by atoms with Gasteiger partial charge >= 0.3 is 5.97 Å². The molecule has 1 N–H and O–H groups in total. The number of benzene rings is 1. The molecule has 7 heteroatoms. The highest BCUT2D eigenvalue weighted by Crippen LogP contribution is 2.25. The number of pyridine rings is 1. The molecule has 1 amide bonds. The molecular weight excluding hydrogens is 387 g/mol. The highest BCUT2D eigenvalue weighted by atomic mass is 35.5. The first-order valence-electron chi connectivity index (χ1n) is 8.83. The molecule has 1 atom stereocenters. The van der Waals surface area contributed by atoms with Gasteiger partial charge in [-0.2, -0.15) is 0 Å². The van der Waals surface area contributed by atoms with E-state index in [2.05, 4.69) is 22.4 Å². The smallest absolute Gasteiger partial charge is 0.340 e. The van der Waals surface area contributed by atoms with E-state index in [0.717, 1.165) is 18.4 Å². The maximum atomic E-state index is 12.1. The summed E-state index contributed by atoms with van der Waals surface area (Å²) in [5.41, 5.74) is 3.94. The number of nitrogens with zero attached hydrogens (tertiary/aromatic N) is 1. The molecule has 3 rings (SSSR count). The quantitative estimate of drug-likeness (QED) is 0.593. The van der Waals surface area contributed by atoms with Crippen molar-refractivity contribution in [1.29, 1.82) is 0 Å². The highest BCUT2D eigenvalue weighted by molar-refractivity contribution is 6.41. The third-order valence-electron chi connectivity index (χ3n) is 4.62. The number of nitrogens with one attached hydrogen (secondary N) is 1. The Morgan fingerprint density at radius 3 is 2.67 bits per heavy atom. The summed E-state index contributed by atoms with van der Waals surface area (Å²) in [5.74, 6) is -1.06. The fourth-order valence-corrected chi connectivity index (χ4v) is 3.41. The van der Waals surface area contributed by atoms with Crippen molar-refractivity contribution in [2.24, 2.45) is 0 Å². The van der Waals surface area contributed by atoms with Crippen LogP contribution in [0.3, 0.4) is 0 Å². The molecule has 1 heterocycles. The van der Waals surface area contributed by atoms with Crippen LogP contribution in [-0.4, -0.2) is 23.5 Å². The zero-order valence-electron chi connectivity index (χ0n) is 14.9. The van der Waals surface area contributed by atoms with Crippen LogP contribution < -0.4 is 5.32 Å². The van der Waals surface area contributed by atoms with E-state index in [0.29, 0.717) is 0 Å². The molecule has 0 saturated heterocycles. The van der Waals surface area contributed by atoms with Crippen molar-refractivity contribution in [3.8, 4) is 0 Å². The number of hydrogen-bond donors (Lipinski definition) is 1. The summed E-state index contributed by atoms with van der Waals surface area (Å²) in [7, 11) is 0. The van der Waals surface area contributed by atoms with Crippen LogP contribution in [0.2, 0.25) is 10.2 Å². The molecule has 1 aromatic carbocycles. The Morgan fingerprint density at radius 2 is 1.93 bits per heavy atom. The number of hydrogen-bond acceptors (Lipinski definition) is 4. The van der Waals surface area contributed by atoms with Crippen LogP contribution in [0.4, 0.5) is 0 Å². The largest absolute Gasteiger partial charge is 0.452 e. The molecule has 0 unspecified atom stereocenters. The van der Waals surface area contributed by atoms with Gasteiger partial charge in [-0.1, -0.05) is 41.4 Å². The number of halogens is 2. The van der Waals surface area contributed by atoms with Gasteiger partial charge in [0.05, 0.1) is 16.6 Å². The summed E-state index contributed by atoms with van der Waals surface area (Å²) in [6.07, 6.45) is 5.90. The molecule has 0 radical (unpaired) electrons. The van der Waals surface area contributed by atoms with Crippen LogP contribution in [-0.2, 0) is 22.4 Å². The molecule has 0 fully saturated rings. The van der Waals surface area contributed by atoms with Gasteiger partial charge < -0.3 is 10.1 Å². The van der Waals surface area contributed by atoms with Crippen LogP contribution >= 0.6 is 23.2 Å². The Bertz CT molecular complexity index is 870. The van der Waals surface area contributed by atoms with Crippen molar-refractivity contribution >= 4 is 35.1 Å². The van der Waals surface area contributed by atoms with E-state index in [1.54, 1.807) is 0 Å². The number of carbonyl (C=O) groups is 2. The third-order valence-corrected chi connectivity index (χ3v) is 5.30. The first-order chi connectivity index (χ1) is 12.9. The van der Waals surface area contributed by atoms with E-state index >= 15 is 0 Å². The van der Waals surface area contributed by atoms with Gasteiger partial charge in [0, 0.05) is 6.20 Å². The van der Waals surface area contributed by atoms with Crippen LogP contribution in [0.25, 0.3) is 0 Å². The summed E-state index contributed by atoms with van der Waals surface area (Å²) in [6, 6.07) is 7.53. The van der Waals surface area contributed by atoms with Gasteiger partial charge in [0.25, 0.3) is 5.91 Å². The Hall–Kier alpha value is -2.11. The molecule has 5 nitrogen and oxygen atoms in total. The average Bonchev–Trinajstić information content (AvgIpc) is 2.67. The van der Waals surface area contributed by atoms with Gasteiger partial charge in [0.1, 0.15) is 5.15 Å². The van der Waals surface area contributed by atoms with Gasteiger partial charge in [0.15, 0.2) is 6.61 Å². The van der Waals surface area contributed by atoms with E-state index in [4.69, 9.17) is 27.9 Å². The van der Waals surface area contributed by atoms with Crippen molar-refractivity contribution < 1.29 is 14.3 Å². The molecule has 0 saturated carbocycles. The van der Waals surface area contributed by atoms with Gasteiger partial charge in [0.2, 0.25) is 0 Å². The Kier molecular flexibility index (Phi) is 6.34. The topological polar surface area (TPSA) is 68.3 Å². The maximum Gasteiger partial charge on any atom is 0.340 e. The number of ether oxygens (including phenoxy) is 1. The van der Waals surface area contributed by atoms with Crippen LogP contribution in [0.5, 0.6) is 0 Å². The number of esters is 1. The Balaban J connectivity index is 1.54. The minimum absolute atomic E-state index is 0.102. The summed E-state index contributed by atoms with van der Waals surface area (Å²) < 4.78 is 5.02. The van der Waals surface area contributed by atoms with Crippen LogP contribution in [0.1, 0.15) is 52.9 Å². The SMILES string of the molecule is C[C@@H](NC(=O)COC(=O)c1cnc(Cl)c(Cl)c1)c1ccc2c(c1)CCCC2. The fourth-order valence-electron chi connectivity index (χ4n) is 3.14. The lowest BCUT2D eigenvalue weighted by atomic mass is 9.89. The summed E-state index contributed by atoms with van der Waals surface area (Å²) >= 11 is 11.5. The monoisotopic (exact) mass is 406 g/mol. The molecule has 0 bridgehead atoms. The lowest BCUT2D eigenvalue weighted by Crippen LogP contribution is -2.31. The molecule has 27 heavy (non-hydrogen) atoms. The fraction of sp³-hybridized carbons (Fsp3) is 0.350. The molecule has 1 aliphatic rings. The minimum atomic E-state index is -0.683. The lowest BCUT2D eigenvalue weighted by molar-refractivity contribution is -0.124. The standard InChI is InChI=1S/C20H20Cl2N2O3/c1-12(14-7-6-13-4-2-3-5-15(13)8-14)24-18(25)11-27-20(26)16-9-17(21)19(22)23-10-16/h6-10,12H,2-5,11H2,1H3,(H,24,25)/t12-/m1/s1. The zero-order chi connectivity index (χ0) is 19.4. The number of aryl methyl sites for hydroxylation is 2. The van der Waals surface area contributed by atoms with Gasteiger partial charge in [-0.3, -0.25) is 4.79 Å². The summed E-state index contributed by atoms with van der Waals surface area (Å²) in [4.78, 5) is 27.9. The second-order valence-corrected chi connectivity index (χ2v) is 7.36. The average molecular weight is 407 g/mol. The maximum absolute atomic E-state index is 12.1. The molecule has 142 valence electrons. The molecule has 2 aromatic rings. The molecule has 0 spiro atoms. The summed E-state index contributed by atoms with van der Waals surface area (Å²) in [5, 5.41) is 3.10. The number of fused-ring (bicyclic) bond motifs is 1. The number of carbonyl (C=O) groups excluding carboxylic acids is 2. The van der Waals surface area contributed by atoms with Gasteiger partial charge in [-0.15, -0.1) is 0 Å². The van der Waals surface area contributed by atoms with Crippen molar-refractivity contribution in [2.75, 3.05) is 6.61 Å². The van der Waals surface area contributed by atoms with Crippen LogP contribution in [0, 0.1) is 0 Å². The number of amides is 1. The van der Waals surface area contributed by atoms with Crippen molar-refractivity contribution in [3.63, 3.8) is 0 Å². The van der Waals surface area contributed by atoms with Gasteiger partial charge in [-0.05, 0) is 55.4 Å². The second-order valence-electron chi connectivity index (χ2n) is 6.60. The first kappa shape index (κ1) is 19.6. The van der Waals surface area contributed by atoms with E-state index in [9.17, 15) is 9.59 Å². The molecule has 1 aromatic heterocycles. The third kappa shape index (κ3) is 4.99. The van der Waals surface area contributed by atoms with Gasteiger partial charge in [-0.25, -0.2) is 9.78 Å². The minimum Gasteiger partial charge on any atom is -0.452 e. The predicted molar refractivity (Wildman–Crippen MR) is 104 cm³/mol. The number of rotatable bonds is 5. The highest BCUT2D eigenvalue weighted by Gasteiger charge is 2.16. The number of aromatic nitrogens is 1. The van der Waals surface area contributed by atoms with E-state index in [1.165, 1.54) is 36.2 Å². The lowest BCUT2D eigenvalue weighted by Gasteiger charge is -2.20.